The van der Waals surface area contributed by atoms with Crippen LogP contribution in [-0.2, 0) is 4.74 Å². The van der Waals surface area contributed by atoms with E-state index in [1.807, 2.05) is 6.08 Å². The maximum Gasteiger partial charge on any atom is 0.169 e. The molecule has 0 bridgehead atoms. The average Bonchev–Trinajstić information content (AvgIpc) is 2.46. The highest BCUT2D eigenvalue weighted by molar-refractivity contribution is 5.33. The lowest BCUT2D eigenvalue weighted by atomic mass is 9.82. The maximum atomic E-state index is 5.11. The van der Waals surface area contributed by atoms with Crippen LogP contribution in [0.4, 0.5) is 0 Å². The fourth-order valence-corrected chi connectivity index (χ4v) is 2.56. The van der Waals surface area contributed by atoms with Gasteiger partial charge in [-0.2, -0.15) is 0 Å². The topological polar surface area (TPSA) is 9.23 Å². The molecule has 96 valence electrons. The van der Waals surface area contributed by atoms with Crippen LogP contribution in [0.3, 0.4) is 0 Å². The van der Waals surface area contributed by atoms with Crippen LogP contribution in [0.25, 0.3) is 0 Å². The highest BCUT2D eigenvalue weighted by atomic mass is 16.5. The van der Waals surface area contributed by atoms with Crippen LogP contribution >= 0.6 is 0 Å². The molecule has 0 heterocycles. The second-order valence-electron chi connectivity index (χ2n) is 5.08. The summed E-state index contributed by atoms with van der Waals surface area (Å²) < 4.78 is 5.11. The number of methoxy groups -OCH3 is 1. The molecule has 0 amide bonds. The van der Waals surface area contributed by atoms with Gasteiger partial charge in [-0.1, -0.05) is 37.6 Å². The molecule has 0 spiro atoms. The summed E-state index contributed by atoms with van der Waals surface area (Å²) in [7, 11) is 1.66. The lowest BCUT2D eigenvalue weighted by Gasteiger charge is -2.23. The Hall–Kier alpha value is -1.42. The molecule has 1 heteroatoms. The molecule has 0 aliphatic heterocycles. The van der Waals surface area contributed by atoms with E-state index >= 15 is 0 Å². The third kappa shape index (κ3) is 3.29. The summed E-state index contributed by atoms with van der Waals surface area (Å²) in [6.45, 7) is 2.26. The molecule has 0 aromatic rings. The Balaban J connectivity index is 2.00. The first-order chi connectivity index (χ1) is 8.83. The van der Waals surface area contributed by atoms with Gasteiger partial charge in [0.15, 0.2) is 5.76 Å². The number of allylic oxidation sites excluding steroid dienone is 5. The highest BCUT2D eigenvalue weighted by Gasteiger charge is 2.18. The number of unbranched alkanes of at least 4 members (excludes halogenated alkanes) is 1. The molecule has 0 radical (unpaired) electrons. The minimum absolute atomic E-state index is 0.519. The van der Waals surface area contributed by atoms with Crippen molar-refractivity contribution >= 4 is 0 Å². The summed E-state index contributed by atoms with van der Waals surface area (Å²) >= 11 is 0. The van der Waals surface area contributed by atoms with Crippen LogP contribution in [0.2, 0.25) is 0 Å². The molecule has 2 aliphatic carbocycles. The van der Waals surface area contributed by atoms with E-state index < -0.39 is 0 Å². The predicted molar refractivity (Wildman–Crippen MR) is 75.1 cm³/mol. The Morgan fingerprint density at radius 1 is 1.22 bits per heavy atom. The summed E-state index contributed by atoms with van der Waals surface area (Å²) in [6.07, 6.45) is 15.4. The Morgan fingerprint density at radius 2 is 2.11 bits per heavy atom. The third-order valence-corrected chi connectivity index (χ3v) is 3.76. The van der Waals surface area contributed by atoms with Gasteiger partial charge < -0.3 is 4.74 Å². The molecule has 0 aromatic carbocycles. The van der Waals surface area contributed by atoms with Crippen LogP contribution in [0, 0.1) is 11.8 Å². The zero-order valence-electron chi connectivity index (χ0n) is 11.4. The van der Waals surface area contributed by atoms with E-state index in [2.05, 4.69) is 36.6 Å². The van der Waals surface area contributed by atoms with E-state index in [-0.39, 0.29) is 0 Å². The largest absolute Gasteiger partial charge is 0.489 e. The molecule has 2 atom stereocenters. The monoisotopic (exact) mass is 242 g/mol. The molecule has 18 heavy (non-hydrogen) atoms. The first kappa shape index (κ1) is 13.0. The van der Waals surface area contributed by atoms with Crippen molar-refractivity contribution in [3.8, 4) is 0 Å². The smallest absolute Gasteiger partial charge is 0.169 e. The van der Waals surface area contributed by atoms with Crippen molar-refractivity contribution in [2.45, 2.75) is 39.0 Å². The van der Waals surface area contributed by atoms with Crippen molar-refractivity contribution in [2.24, 2.45) is 11.8 Å². The van der Waals surface area contributed by atoms with Gasteiger partial charge in [0.2, 0.25) is 0 Å². The number of rotatable bonds is 5. The van der Waals surface area contributed by atoms with Gasteiger partial charge in [0.25, 0.3) is 0 Å². The van der Waals surface area contributed by atoms with Gasteiger partial charge >= 0.3 is 0 Å². The van der Waals surface area contributed by atoms with Crippen LogP contribution in [0.1, 0.15) is 39.0 Å². The molecule has 0 aromatic heterocycles. The Labute approximate surface area is 110 Å². The molecule has 0 saturated heterocycles. The second-order valence-corrected chi connectivity index (χ2v) is 5.08. The summed E-state index contributed by atoms with van der Waals surface area (Å²) in [4.78, 5) is 0. The van der Waals surface area contributed by atoms with Gasteiger partial charge in [-0.05, 0) is 43.1 Å². The van der Waals surface area contributed by atoms with E-state index in [0.29, 0.717) is 5.92 Å². The van der Waals surface area contributed by atoms with Gasteiger partial charge in [0.05, 0.1) is 7.11 Å². The van der Waals surface area contributed by atoms with Crippen LogP contribution in [0.15, 0.2) is 47.1 Å². The summed E-state index contributed by atoms with van der Waals surface area (Å²) in [5.41, 5.74) is 7.50. The minimum Gasteiger partial charge on any atom is -0.489 e. The summed E-state index contributed by atoms with van der Waals surface area (Å²) in [6, 6.07) is 0. The van der Waals surface area contributed by atoms with Crippen LogP contribution in [-0.4, -0.2) is 7.11 Å². The van der Waals surface area contributed by atoms with Crippen LogP contribution < -0.4 is 0 Å². The Kier molecular flexibility index (Phi) is 4.70. The first-order valence-electron chi connectivity index (χ1n) is 6.99. The zero-order valence-corrected chi connectivity index (χ0v) is 11.4. The molecule has 0 fully saturated rings. The highest BCUT2D eigenvalue weighted by Crippen LogP contribution is 2.30. The van der Waals surface area contributed by atoms with E-state index in [4.69, 9.17) is 4.74 Å². The first-order valence-corrected chi connectivity index (χ1v) is 6.99. The van der Waals surface area contributed by atoms with Gasteiger partial charge in [-0.25, -0.2) is 0 Å². The predicted octanol–water partition coefficient (Wildman–Crippen LogP) is 4.54. The molecule has 0 N–H and O–H groups in total. The second kappa shape index (κ2) is 6.50. The average molecular weight is 242 g/mol. The molecular formula is C17H22O. The van der Waals surface area contributed by atoms with Crippen molar-refractivity contribution in [1.82, 2.24) is 0 Å². The maximum absolute atomic E-state index is 5.11. The lowest BCUT2D eigenvalue weighted by molar-refractivity contribution is 0.307. The molecule has 0 saturated carbocycles. The zero-order chi connectivity index (χ0) is 12.8. The van der Waals surface area contributed by atoms with E-state index in [9.17, 15) is 0 Å². The Morgan fingerprint density at radius 3 is 2.67 bits per heavy atom. The molecular weight excluding hydrogens is 220 g/mol. The van der Waals surface area contributed by atoms with Crippen molar-refractivity contribution in [3.63, 3.8) is 0 Å². The molecule has 2 unspecified atom stereocenters. The fourth-order valence-electron chi connectivity index (χ4n) is 2.56. The minimum atomic E-state index is 0.519. The Bertz CT molecular complexity index is 440. The van der Waals surface area contributed by atoms with Gasteiger partial charge in [-0.15, -0.1) is 0 Å². The molecule has 1 nitrogen and oxygen atoms in total. The van der Waals surface area contributed by atoms with Crippen molar-refractivity contribution in [1.29, 1.82) is 0 Å². The lowest BCUT2D eigenvalue weighted by Crippen LogP contribution is -2.10. The van der Waals surface area contributed by atoms with Crippen molar-refractivity contribution in [2.75, 3.05) is 7.11 Å². The number of hydrogen-bond acceptors (Lipinski definition) is 1. The van der Waals surface area contributed by atoms with E-state index in [1.165, 1.54) is 37.7 Å². The van der Waals surface area contributed by atoms with Crippen molar-refractivity contribution in [3.05, 3.63) is 47.1 Å². The van der Waals surface area contributed by atoms with E-state index in [1.54, 1.807) is 7.11 Å². The van der Waals surface area contributed by atoms with Crippen molar-refractivity contribution < 1.29 is 4.74 Å². The normalized spacial score (nSPS) is 25.9. The summed E-state index contributed by atoms with van der Waals surface area (Å²) in [5.74, 6) is 2.08. The van der Waals surface area contributed by atoms with Gasteiger partial charge in [0, 0.05) is 11.5 Å². The number of hydrogen-bond donors (Lipinski definition) is 0. The number of ether oxygens (including phenoxy) is 1. The molecule has 2 rings (SSSR count). The van der Waals surface area contributed by atoms with Gasteiger partial charge in [-0.3, -0.25) is 0 Å². The van der Waals surface area contributed by atoms with E-state index in [0.717, 1.165) is 11.7 Å². The SMILES string of the molecule is CCCCC1C=CC(C2=C=C=C(OC)C=C2)CC1. The standard InChI is InChI=1S/C17H22O/c1-3-4-5-14-6-8-15(9-7-14)16-10-12-17(18-2)13-11-16/h6,8,10,12,14-15H,3-5,7,9H2,1-2H3. The fraction of sp³-hybridized carbons (Fsp3) is 0.529. The third-order valence-electron chi connectivity index (χ3n) is 3.76. The van der Waals surface area contributed by atoms with Crippen LogP contribution in [0.5, 0.6) is 0 Å². The molecule has 2 aliphatic rings. The quantitative estimate of drug-likeness (QED) is 0.508. The summed E-state index contributed by atoms with van der Waals surface area (Å²) in [5, 5.41) is 0. The van der Waals surface area contributed by atoms with Gasteiger partial charge in [0.1, 0.15) is 0 Å².